The van der Waals surface area contributed by atoms with E-state index >= 15 is 0 Å². The van der Waals surface area contributed by atoms with Crippen LogP contribution in [0.3, 0.4) is 0 Å². The summed E-state index contributed by atoms with van der Waals surface area (Å²) < 4.78 is 5.33. The summed E-state index contributed by atoms with van der Waals surface area (Å²) in [5, 5.41) is 0. The van der Waals surface area contributed by atoms with Crippen LogP contribution in [0.4, 0.5) is 0 Å². The molecule has 0 heterocycles. The lowest BCUT2D eigenvalue weighted by Crippen LogP contribution is -2.09. The summed E-state index contributed by atoms with van der Waals surface area (Å²) in [7, 11) is 0. The highest BCUT2D eigenvalue weighted by molar-refractivity contribution is 4.94. The number of terminal acetylenes is 1. The molecule has 0 radical (unpaired) electrons. The van der Waals surface area contributed by atoms with Crippen LogP contribution < -0.4 is 0 Å². The Balaban J connectivity index is 3.41. The lowest BCUT2D eigenvalue weighted by Gasteiger charge is -2.09. The fourth-order valence-electron chi connectivity index (χ4n) is 0.979. The van der Waals surface area contributed by atoms with E-state index in [-0.39, 0.29) is 6.10 Å². The summed E-state index contributed by atoms with van der Waals surface area (Å²) in [4.78, 5) is 0. The molecule has 68 valence electrons. The van der Waals surface area contributed by atoms with E-state index in [9.17, 15) is 0 Å². The van der Waals surface area contributed by atoms with Crippen molar-refractivity contribution in [2.75, 3.05) is 6.61 Å². The molecule has 1 nitrogen and oxygen atoms in total. The van der Waals surface area contributed by atoms with Crippen LogP contribution in [0.25, 0.3) is 0 Å². The fourth-order valence-corrected chi connectivity index (χ4v) is 0.979. The molecule has 0 aromatic heterocycles. The predicted molar refractivity (Wildman–Crippen MR) is 52.9 cm³/mol. The number of hydrogen-bond donors (Lipinski definition) is 0. The van der Waals surface area contributed by atoms with E-state index in [1.807, 2.05) is 0 Å². The lowest BCUT2D eigenvalue weighted by atomic mass is 10.1. The van der Waals surface area contributed by atoms with Gasteiger partial charge in [-0.2, -0.15) is 0 Å². The minimum atomic E-state index is -0.0189. The first-order chi connectivity index (χ1) is 5.85. The number of unbranched alkanes of at least 4 members (excludes halogenated alkanes) is 2. The normalized spacial score (nSPS) is 12.0. The van der Waals surface area contributed by atoms with Crippen LogP contribution in [0.2, 0.25) is 0 Å². The topological polar surface area (TPSA) is 9.23 Å². The predicted octanol–water partition coefficient (Wildman–Crippen LogP) is 2.77. The minimum absolute atomic E-state index is 0.0189. The van der Waals surface area contributed by atoms with Crippen molar-refractivity contribution in [3.05, 3.63) is 12.7 Å². The van der Waals surface area contributed by atoms with Gasteiger partial charge >= 0.3 is 0 Å². The van der Waals surface area contributed by atoms with Crippen molar-refractivity contribution in [3.8, 4) is 12.3 Å². The van der Waals surface area contributed by atoms with Crippen LogP contribution >= 0.6 is 0 Å². The van der Waals surface area contributed by atoms with Gasteiger partial charge in [0.15, 0.2) is 0 Å². The van der Waals surface area contributed by atoms with Gasteiger partial charge in [-0.05, 0) is 12.8 Å². The molecule has 0 aromatic carbocycles. The van der Waals surface area contributed by atoms with Crippen molar-refractivity contribution in [2.45, 2.75) is 38.7 Å². The molecule has 0 spiro atoms. The highest BCUT2D eigenvalue weighted by Gasteiger charge is 2.02. The zero-order chi connectivity index (χ0) is 9.23. The molecular weight excluding hydrogens is 148 g/mol. The molecule has 0 aromatic rings. The maximum atomic E-state index is 5.33. The first-order valence-corrected chi connectivity index (χ1v) is 4.53. The molecule has 1 heteroatoms. The second-order valence-corrected chi connectivity index (χ2v) is 2.77. The number of ether oxygens (including phenoxy) is 1. The molecular formula is C11H18O. The zero-order valence-electron chi connectivity index (χ0n) is 7.88. The molecule has 0 rings (SSSR count). The van der Waals surface area contributed by atoms with E-state index in [0.717, 1.165) is 12.8 Å². The van der Waals surface area contributed by atoms with Gasteiger partial charge in [-0.3, -0.25) is 0 Å². The monoisotopic (exact) mass is 166 g/mol. The lowest BCUT2D eigenvalue weighted by molar-refractivity contribution is 0.108. The summed E-state index contributed by atoms with van der Waals surface area (Å²) in [6, 6.07) is 0. The van der Waals surface area contributed by atoms with Gasteiger partial charge in [0.05, 0.1) is 6.61 Å². The second kappa shape index (κ2) is 8.36. The van der Waals surface area contributed by atoms with Crippen LogP contribution in [0.15, 0.2) is 12.7 Å². The van der Waals surface area contributed by atoms with Crippen molar-refractivity contribution < 1.29 is 4.74 Å². The third-order valence-corrected chi connectivity index (χ3v) is 1.67. The third kappa shape index (κ3) is 6.00. The Hall–Kier alpha value is -0.740. The Morgan fingerprint density at radius 1 is 1.58 bits per heavy atom. The van der Waals surface area contributed by atoms with Gasteiger partial charge in [0.2, 0.25) is 0 Å². The van der Waals surface area contributed by atoms with Crippen LogP contribution in [0.1, 0.15) is 32.6 Å². The first-order valence-electron chi connectivity index (χ1n) is 4.53. The Kier molecular flexibility index (Phi) is 7.84. The number of rotatable bonds is 7. The van der Waals surface area contributed by atoms with Crippen molar-refractivity contribution in [1.29, 1.82) is 0 Å². The van der Waals surface area contributed by atoms with Gasteiger partial charge in [-0.1, -0.05) is 31.8 Å². The largest absolute Gasteiger partial charge is 0.362 e. The van der Waals surface area contributed by atoms with Crippen molar-refractivity contribution >= 4 is 0 Å². The minimum Gasteiger partial charge on any atom is -0.362 e. The van der Waals surface area contributed by atoms with Crippen LogP contribution in [-0.2, 0) is 4.74 Å². The Morgan fingerprint density at radius 2 is 2.33 bits per heavy atom. The smallest absolute Gasteiger partial charge is 0.118 e. The van der Waals surface area contributed by atoms with Gasteiger partial charge in [0, 0.05) is 0 Å². The Bertz CT molecular complexity index is 144. The molecule has 0 fully saturated rings. The summed E-state index contributed by atoms with van der Waals surface area (Å²) in [6.07, 6.45) is 11.6. The van der Waals surface area contributed by atoms with Gasteiger partial charge in [0.1, 0.15) is 6.10 Å². The average molecular weight is 166 g/mol. The van der Waals surface area contributed by atoms with Crippen LogP contribution in [0.5, 0.6) is 0 Å². The van der Waals surface area contributed by atoms with E-state index < -0.39 is 0 Å². The molecule has 1 unspecified atom stereocenters. The standard InChI is InChI=1S/C11H18O/c1-4-7-8-9-11(6-3)12-10-5-2/h3,5,11H,2,4,7-10H2,1H3. The SMILES string of the molecule is C#CC(CCCCC)OCC=C. The van der Waals surface area contributed by atoms with Gasteiger partial charge in [0.25, 0.3) is 0 Å². The van der Waals surface area contributed by atoms with Gasteiger partial charge in [-0.25, -0.2) is 0 Å². The second-order valence-electron chi connectivity index (χ2n) is 2.77. The van der Waals surface area contributed by atoms with Crippen LogP contribution in [-0.4, -0.2) is 12.7 Å². The fraction of sp³-hybridized carbons (Fsp3) is 0.636. The van der Waals surface area contributed by atoms with E-state index in [0.29, 0.717) is 6.61 Å². The maximum Gasteiger partial charge on any atom is 0.118 e. The quantitative estimate of drug-likeness (QED) is 0.321. The average Bonchev–Trinajstić information content (AvgIpc) is 2.11. The number of hydrogen-bond acceptors (Lipinski definition) is 1. The van der Waals surface area contributed by atoms with Gasteiger partial charge < -0.3 is 4.74 Å². The van der Waals surface area contributed by atoms with E-state index in [1.54, 1.807) is 6.08 Å². The summed E-state index contributed by atoms with van der Waals surface area (Å²) in [5.74, 6) is 2.63. The molecule has 0 amide bonds. The highest BCUT2D eigenvalue weighted by Crippen LogP contribution is 2.05. The van der Waals surface area contributed by atoms with Crippen molar-refractivity contribution in [3.63, 3.8) is 0 Å². The van der Waals surface area contributed by atoms with E-state index in [1.165, 1.54) is 12.8 Å². The molecule has 0 N–H and O–H groups in total. The molecule has 1 atom stereocenters. The van der Waals surface area contributed by atoms with Gasteiger partial charge in [-0.15, -0.1) is 13.0 Å². The Labute approximate surface area is 75.8 Å². The molecule has 0 aliphatic heterocycles. The molecule has 0 saturated carbocycles. The summed E-state index contributed by atoms with van der Waals surface area (Å²) in [6.45, 7) is 6.30. The molecule has 0 saturated heterocycles. The highest BCUT2D eigenvalue weighted by atomic mass is 16.5. The molecule has 0 bridgehead atoms. The van der Waals surface area contributed by atoms with E-state index in [2.05, 4.69) is 19.4 Å². The molecule has 0 aliphatic carbocycles. The third-order valence-electron chi connectivity index (χ3n) is 1.67. The van der Waals surface area contributed by atoms with Crippen LogP contribution in [0, 0.1) is 12.3 Å². The summed E-state index contributed by atoms with van der Waals surface area (Å²) in [5.41, 5.74) is 0. The summed E-state index contributed by atoms with van der Waals surface area (Å²) >= 11 is 0. The van der Waals surface area contributed by atoms with Crippen molar-refractivity contribution in [1.82, 2.24) is 0 Å². The maximum absolute atomic E-state index is 5.33. The van der Waals surface area contributed by atoms with E-state index in [4.69, 9.17) is 11.2 Å². The zero-order valence-corrected chi connectivity index (χ0v) is 7.88. The Morgan fingerprint density at radius 3 is 2.83 bits per heavy atom. The molecule has 0 aliphatic rings. The molecule has 12 heavy (non-hydrogen) atoms. The van der Waals surface area contributed by atoms with Crippen molar-refractivity contribution in [2.24, 2.45) is 0 Å². The first kappa shape index (κ1) is 11.3.